The number of guanidine groups is 1. The Morgan fingerprint density at radius 2 is 2.20 bits per heavy atom. The monoisotopic (exact) mass is 385 g/mol. The van der Waals surface area contributed by atoms with Crippen LogP contribution in [0, 0.1) is 0 Å². The summed E-state index contributed by atoms with van der Waals surface area (Å²) in [4.78, 5) is 5.81. The fourth-order valence-corrected chi connectivity index (χ4v) is 3.25. The van der Waals surface area contributed by atoms with E-state index >= 15 is 0 Å². The van der Waals surface area contributed by atoms with Crippen LogP contribution in [-0.2, 0) is 9.47 Å². The average Bonchev–Trinajstić information content (AvgIpc) is 3.13. The lowest BCUT2D eigenvalue weighted by Gasteiger charge is -2.12. The minimum atomic E-state index is 0.278. The summed E-state index contributed by atoms with van der Waals surface area (Å²) in [6.45, 7) is 6.84. The molecule has 0 radical (unpaired) electrons. The maximum atomic E-state index is 5.90. The van der Waals surface area contributed by atoms with Gasteiger partial charge in [0, 0.05) is 48.5 Å². The van der Waals surface area contributed by atoms with Gasteiger partial charge in [0.15, 0.2) is 5.96 Å². The van der Waals surface area contributed by atoms with Crippen LogP contribution >= 0.6 is 23.4 Å². The van der Waals surface area contributed by atoms with Gasteiger partial charge in [0.05, 0.1) is 12.7 Å². The van der Waals surface area contributed by atoms with Gasteiger partial charge >= 0.3 is 0 Å². The summed E-state index contributed by atoms with van der Waals surface area (Å²) >= 11 is 7.70. The Hall–Kier alpha value is -0.950. The number of nitrogens with zero attached hydrogens (tertiary/aromatic N) is 1. The van der Waals surface area contributed by atoms with Gasteiger partial charge in [-0.25, -0.2) is 0 Å². The number of hydrogen-bond donors (Lipinski definition) is 2. The predicted molar refractivity (Wildman–Crippen MR) is 106 cm³/mol. The van der Waals surface area contributed by atoms with Crippen molar-refractivity contribution in [2.45, 2.75) is 30.8 Å². The smallest absolute Gasteiger partial charge is 0.191 e. The number of aliphatic imine (C=N–C) groups is 1. The molecule has 0 amide bonds. The van der Waals surface area contributed by atoms with Gasteiger partial charge in [0.1, 0.15) is 0 Å². The Morgan fingerprint density at radius 3 is 2.92 bits per heavy atom. The fourth-order valence-electron chi connectivity index (χ4n) is 2.36. The zero-order valence-corrected chi connectivity index (χ0v) is 16.4. The lowest BCUT2D eigenvalue weighted by molar-refractivity contribution is 0.0424. The molecule has 1 aliphatic rings. The third kappa shape index (κ3) is 8.81. The highest BCUT2D eigenvalue weighted by Gasteiger charge is 2.15. The molecule has 1 aliphatic heterocycles. The number of nitrogens with one attached hydrogen (secondary N) is 2. The Bertz CT molecular complexity index is 508. The van der Waals surface area contributed by atoms with Crippen molar-refractivity contribution >= 4 is 29.3 Å². The van der Waals surface area contributed by atoms with Gasteiger partial charge in [-0.3, -0.25) is 4.99 Å². The molecule has 1 aromatic rings. The molecule has 0 aromatic heterocycles. The summed E-state index contributed by atoms with van der Waals surface area (Å²) in [5.74, 6) is 1.83. The second-order valence-corrected chi connectivity index (χ2v) is 7.30. The number of hydrogen-bond acceptors (Lipinski definition) is 4. The lowest BCUT2D eigenvalue weighted by atomic mass is 10.3. The zero-order valence-electron chi connectivity index (χ0n) is 14.8. The van der Waals surface area contributed by atoms with Gasteiger partial charge in [0.25, 0.3) is 0 Å². The molecule has 0 saturated carbocycles. The molecule has 1 saturated heterocycles. The van der Waals surface area contributed by atoms with E-state index in [1.54, 1.807) is 11.8 Å². The minimum Gasteiger partial charge on any atom is -0.379 e. The van der Waals surface area contributed by atoms with Crippen LogP contribution in [0.4, 0.5) is 0 Å². The van der Waals surface area contributed by atoms with Crippen molar-refractivity contribution in [1.29, 1.82) is 0 Å². The third-order valence-corrected chi connectivity index (χ3v) is 4.90. The lowest BCUT2D eigenvalue weighted by Crippen LogP contribution is -2.38. The second kappa shape index (κ2) is 12.4. The van der Waals surface area contributed by atoms with Crippen LogP contribution in [-0.4, -0.2) is 57.3 Å². The first kappa shape index (κ1) is 20.4. The van der Waals surface area contributed by atoms with Crippen molar-refractivity contribution in [1.82, 2.24) is 10.6 Å². The largest absolute Gasteiger partial charge is 0.379 e. The molecule has 0 bridgehead atoms. The normalized spacial score (nSPS) is 17.7. The van der Waals surface area contributed by atoms with Crippen LogP contribution < -0.4 is 10.6 Å². The first-order valence-electron chi connectivity index (χ1n) is 8.88. The molecule has 0 aliphatic carbocycles. The molecule has 140 valence electrons. The molecule has 1 unspecified atom stereocenters. The molecule has 5 nitrogen and oxygen atoms in total. The van der Waals surface area contributed by atoms with Gasteiger partial charge in [-0.1, -0.05) is 11.6 Å². The molecule has 1 aromatic carbocycles. The van der Waals surface area contributed by atoms with E-state index in [1.165, 1.54) is 4.90 Å². The molecule has 7 heteroatoms. The topological polar surface area (TPSA) is 54.9 Å². The maximum Gasteiger partial charge on any atom is 0.191 e. The first-order chi connectivity index (χ1) is 12.3. The van der Waals surface area contributed by atoms with Gasteiger partial charge in [0.2, 0.25) is 0 Å². The summed E-state index contributed by atoms with van der Waals surface area (Å²) in [5, 5.41) is 7.41. The summed E-state index contributed by atoms with van der Waals surface area (Å²) in [7, 11) is 0. The van der Waals surface area contributed by atoms with Gasteiger partial charge < -0.3 is 20.1 Å². The van der Waals surface area contributed by atoms with E-state index in [0.717, 1.165) is 69.0 Å². The van der Waals surface area contributed by atoms with Crippen molar-refractivity contribution in [3.8, 4) is 0 Å². The minimum absolute atomic E-state index is 0.278. The summed E-state index contributed by atoms with van der Waals surface area (Å²) in [6, 6.07) is 7.93. The van der Waals surface area contributed by atoms with Gasteiger partial charge in [-0.15, -0.1) is 11.8 Å². The fraction of sp³-hybridized carbons (Fsp3) is 0.611. The van der Waals surface area contributed by atoms with Crippen molar-refractivity contribution in [2.24, 2.45) is 4.99 Å². The summed E-state index contributed by atoms with van der Waals surface area (Å²) < 4.78 is 11.0. The quantitative estimate of drug-likeness (QED) is 0.280. The molecular formula is C18H28ClN3O2S. The molecule has 0 spiro atoms. The first-order valence-corrected chi connectivity index (χ1v) is 10.2. The van der Waals surface area contributed by atoms with Crippen molar-refractivity contribution in [2.75, 3.05) is 45.2 Å². The van der Waals surface area contributed by atoms with Crippen LogP contribution in [0.1, 0.15) is 19.8 Å². The van der Waals surface area contributed by atoms with E-state index in [1.807, 2.05) is 24.3 Å². The highest BCUT2D eigenvalue weighted by molar-refractivity contribution is 7.99. The maximum absolute atomic E-state index is 5.90. The molecule has 1 fully saturated rings. The highest BCUT2D eigenvalue weighted by Crippen LogP contribution is 2.19. The van der Waals surface area contributed by atoms with Crippen LogP contribution in [0.25, 0.3) is 0 Å². The Morgan fingerprint density at radius 1 is 1.36 bits per heavy atom. The Labute approximate surface area is 159 Å². The number of ether oxygens (including phenoxy) is 2. The van der Waals surface area contributed by atoms with Gasteiger partial charge in [-0.05, 0) is 44.0 Å². The van der Waals surface area contributed by atoms with E-state index in [-0.39, 0.29) is 6.10 Å². The van der Waals surface area contributed by atoms with Crippen molar-refractivity contribution in [3.63, 3.8) is 0 Å². The number of thioether (sulfide) groups is 1. The average molecular weight is 386 g/mol. The Balaban J connectivity index is 1.58. The van der Waals surface area contributed by atoms with Crippen molar-refractivity contribution in [3.05, 3.63) is 29.3 Å². The van der Waals surface area contributed by atoms with E-state index in [4.69, 9.17) is 21.1 Å². The molecule has 1 heterocycles. The van der Waals surface area contributed by atoms with E-state index in [2.05, 4.69) is 22.5 Å². The predicted octanol–water partition coefficient (Wildman–Crippen LogP) is 3.18. The van der Waals surface area contributed by atoms with Crippen LogP contribution in [0.5, 0.6) is 0 Å². The van der Waals surface area contributed by atoms with E-state index in [0.29, 0.717) is 0 Å². The SMILES string of the molecule is CCNC(=NCCCOC1CCOC1)NCCSc1ccc(Cl)cc1. The van der Waals surface area contributed by atoms with E-state index in [9.17, 15) is 0 Å². The van der Waals surface area contributed by atoms with E-state index < -0.39 is 0 Å². The zero-order chi connectivity index (χ0) is 17.7. The molecule has 25 heavy (non-hydrogen) atoms. The van der Waals surface area contributed by atoms with Crippen LogP contribution in [0.15, 0.2) is 34.2 Å². The summed E-state index contributed by atoms with van der Waals surface area (Å²) in [5.41, 5.74) is 0. The number of halogens is 1. The van der Waals surface area contributed by atoms with Crippen LogP contribution in [0.2, 0.25) is 5.02 Å². The summed E-state index contributed by atoms with van der Waals surface area (Å²) in [6.07, 6.45) is 2.21. The molecule has 2 rings (SSSR count). The Kier molecular flexibility index (Phi) is 10.1. The number of rotatable bonds is 10. The van der Waals surface area contributed by atoms with Crippen molar-refractivity contribution < 1.29 is 9.47 Å². The third-order valence-electron chi connectivity index (χ3n) is 3.63. The molecule has 1 atom stereocenters. The molecular weight excluding hydrogens is 358 g/mol. The molecule has 2 N–H and O–H groups in total. The van der Waals surface area contributed by atoms with Crippen LogP contribution in [0.3, 0.4) is 0 Å². The van der Waals surface area contributed by atoms with Gasteiger partial charge in [-0.2, -0.15) is 0 Å². The second-order valence-electron chi connectivity index (χ2n) is 5.70. The number of benzene rings is 1. The highest BCUT2D eigenvalue weighted by atomic mass is 35.5. The standard InChI is InChI=1S/C18H28ClN3O2S/c1-2-20-18(21-9-3-11-24-16-8-12-23-14-16)22-10-13-25-17-6-4-15(19)5-7-17/h4-7,16H,2-3,8-14H2,1H3,(H2,20,21,22).